The number of nitrogens with one attached hydrogen (secondary N) is 1. The Morgan fingerprint density at radius 3 is 2.62 bits per heavy atom. The number of nitrogens with zero attached hydrogens (tertiary/aromatic N) is 3. The molecular weight excluding hydrogens is 420 g/mol. The smallest absolute Gasteiger partial charge is 0.288 e. The van der Waals surface area contributed by atoms with Crippen LogP contribution < -0.4 is 15.9 Å². The van der Waals surface area contributed by atoms with Gasteiger partial charge in [0.25, 0.3) is 5.76 Å². The Morgan fingerprint density at radius 1 is 1.21 bits per heavy atom. The van der Waals surface area contributed by atoms with Crippen molar-refractivity contribution in [1.29, 1.82) is 0 Å². The van der Waals surface area contributed by atoms with Crippen LogP contribution in [0.25, 0.3) is 11.4 Å². The van der Waals surface area contributed by atoms with Crippen molar-refractivity contribution in [3.63, 3.8) is 0 Å². The molecule has 3 N–H and O–H groups in total. The molecule has 2 aromatic carbocycles. The first-order chi connectivity index (χ1) is 14.0. The lowest BCUT2D eigenvalue weighted by molar-refractivity contribution is -0.113. The highest BCUT2D eigenvalue weighted by atomic mass is 32.2. The van der Waals surface area contributed by atoms with Crippen LogP contribution in [-0.4, -0.2) is 39.4 Å². The molecule has 7 nitrogen and oxygen atoms in total. The molecule has 152 valence electrons. The maximum Gasteiger partial charge on any atom is 0.288 e. The molecule has 0 saturated carbocycles. The molecule has 0 unspecified atom stereocenters. The van der Waals surface area contributed by atoms with Gasteiger partial charge >= 0.3 is 0 Å². The van der Waals surface area contributed by atoms with Gasteiger partial charge < -0.3 is 15.9 Å². The van der Waals surface area contributed by atoms with Crippen molar-refractivity contribution in [2.24, 2.45) is 0 Å². The average Bonchev–Trinajstić information content (AvgIpc) is 3.08. The molecule has 0 bridgehead atoms. The minimum absolute atomic E-state index is 0.00831. The van der Waals surface area contributed by atoms with E-state index in [0.717, 1.165) is 17.3 Å². The number of anilines is 1. The maximum atomic E-state index is 12.6. The van der Waals surface area contributed by atoms with E-state index in [9.17, 15) is 13.6 Å². The van der Waals surface area contributed by atoms with E-state index in [-0.39, 0.29) is 11.7 Å². The summed E-state index contributed by atoms with van der Waals surface area (Å²) in [6.07, 6.45) is 0. The van der Waals surface area contributed by atoms with Gasteiger partial charge in [-0.25, -0.2) is 4.68 Å². The first kappa shape index (κ1) is 20.9. The van der Waals surface area contributed by atoms with Crippen molar-refractivity contribution in [2.75, 3.05) is 24.0 Å². The fourth-order valence-electron chi connectivity index (χ4n) is 2.40. The summed E-state index contributed by atoms with van der Waals surface area (Å²) in [6.45, 7) is 0. The molecule has 0 spiro atoms. The molecule has 3 aromatic rings. The third-order valence-corrected chi connectivity index (χ3v) is 5.45. The minimum Gasteiger partial charge on any atom is -0.497 e. The third kappa shape index (κ3) is 5.39. The third-order valence-electron chi connectivity index (χ3n) is 3.72. The summed E-state index contributed by atoms with van der Waals surface area (Å²) >= 11 is 1.47. The fraction of sp³-hybridized carbons (Fsp3) is 0.167. The molecule has 11 heteroatoms. The number of alkyl halides is 2. The Kier molecular flexibility index (Phi) is 6.94. The molecule has 1 aromatic heterocycles. The molecule has 0 aliphatic heterocycles. The van der Waals surface area contributed by atoms with Crippen LogP contribution in [0.3, 0.4) is 0 Å². The Morgan fingerprint density at radius 2 is 1.93 bits per heavy atom. The highest BCUT2D eigenvalue weighted by Gasteiger charge is 2.15. The molecule has 0 saturated heterocycles. The van der Waals surface area contributed by atoms with Gasteiger partial charge in [0.15, 0.2) is 5.82 Å². The summed E-state index contributed by atoms with van der Waals surface area (Å²) < 4.78 is 31.7. The highest BCUT2D eigenvalue weighted by Crippen LogP contribution is 2.32. The quantitative estimate of drug-likeness (QED) is 0.410. The molecule has 3 rings (SSSR count). The maximum absolute atomic E-state index is 12.6. The topological polar surface area (TPSA) is 95.1 Å². The molecule has 0 aliphatic carbocycles. The number of carbonyl (C=O) groups excluding carboxylic acids is 1. The van der Waals surface area contributed by atoms with Gasteiger partial charge in [0.1, 0.15) is 5.75 Å². The Labute approximate surface area is 174 Å². The SMILES string of the molecule is COc1ccc(-c2nnc(SCC(=O)Nc3ccccc3SC(F)F)n2N)cc1. The second-order valence-corrected chi connectivity index (χ2v) is 7.59. The van der Waals surface area contributed by atoms with E-state index in [4.69, 9.17) is 10.6 Å². The molecule has 0 aliphatic rings. The van der Waals surface area contributed by atoms with E-state index in [1.807, 2.05) is 0 Å². The van der Waals surface area contributed by atoms with Crippen LogP contribution >= 0.6 is 23.5 Å². The van der Waals surface area contributed by atoms with Gasteiger partial charge in [0.2, 0.25) is 11.1 Å². The lowest BCUT2D eigenvalue weighted by Crippen LogP contribution is -2.17. The summed E-state index contributed by atoms with van der Waals surface area (Å²) in [7, 11) is 1.57. The summed E-state index contributed by atoms with van der Waals surface area (Å²) in [6, 6.07) is 13.5. The van der Waals surface area contributed by atoms with Crippen molar-refractivity contribution < 1.29 is 18.3 Å². The zero-order valence-corrected chi connectivity index (χ0v) is 16.8. The standard InChI is InChI=1S/C18H17F2N5O2S2/c1-27-12-8-6-11(7-9-12)16-23-24-18(25(16)21)28-10-15(26)22-13-4-2-3-5-14(13)29-17(19)20/h2-9,17H,10,21H2,1H3,(H,22,26). The Hall–Kier alpha value is -2.79. The number of para-hydroxylation sites is 1. The number of nitrogens with two attached hydrogens (primary N) is 1. The Balaban J connectivity index is 1.63. The van der Waals surface area contributed by atoms with Gasteiger partial charge in [-0.3, -0.25) is 4.79 Å². The first-order valence-electron chi connectivity index (χ1n) is 8.29. The predicted octanol–water partition coefficient (Wildman–Crippen LogP) is 3.71. The highest BCUT2D eigenvalue weighted by molar-refractivity contribution is 8.00. The largest absolute Gasteiger partial charge is 0.497 e. The number of thioether (sulfide) groups is 2. The number of ether oxygens (including phenoxy) is 1. The normalized spacial score (nSPS) is 10.9. The number of halogens is 2. The van der Waals surface area contributed by atoms with Gasteiger partial charge in [0, 0.05) is 10.5 Å². The Bertz CT molecular complexity index is 983. The summed E-state index contributed by atoms with van der Waals surface area (Å²) in [5.74, 6) is 4.23. The van der Waals surface area contributed by atoms with Crippen molar-refractivity contribution in [1.82, 2.24) is 14.9 Å². The van der Waals surface area contributed by atoms with Crippen LogP contribution in [0, 0.1) is 0 Å². The van der Waals surface area contributed by atoms with E-state index < -0.39 is 5.76 Å². The molecule has 1 amide bonds. The number of carbonyl (C=O) groups is 1. The lowest BCUT2D eigenvalue weighted by Gasteiger charge is -2.10. The van der Waals surface area contributed by atoms with Crippen LogP contribution in [0.4, 0.5) is 14.5 Å². The van der Waals surface area contributed by atoms with Crippen molar-refractivity contribution in [2.45, 2.75) is 15.8 Å². The summed E-state index contributed by atoms with van der Waals surface area (Å²) in [5.41, 5.74) is 1.08. The summed E-state index contributed by atoms with van der Waals surface area (Å²) in [4.78, 5) is 12.5. The molecule has 1 heterocycles. The van der Waals surface area contributed by atoms with Crippen LogP contribution in [0.5, 0.6) is 5.75 Å². The second kappa shape index (κ2) is 9.61. The van der Waals surface area contributed by atoms with E-state index in [0.29, 0.717) is 39.1 Å². The number of amides is 1. The number of hydrogen-bond acceptors (Lipinski definition) is 7. The van der Waals surface area contributed by atoms with Crippen molar-refractivity contribution in [3.8, 4) is 17.1 Å². The van der Waals surface area contributed by atoms with E-state index >= 15 is 0 Å². The van der Waals surface area contributed by atoms with Crippen LogP contribution in [0.15, 0.2) is 58.6 Å². The average molecular weight is 437 g/mol. The molecule has 0 radical (unpaired) electrons. The number of methoxy groups -OCH3 is 1. The number of nitrogen functional groups attached to an aromatic ring is 1. The second-order valence-electron chi connectivity index (χ2n) is 5.62. The van der Waals surface area contributed by atoms with Crippen molar-refractivity contribution >= 4 is 35.1 Å². The number of aromatic nitrogens is 3. The summed E-state index contributed by atoms with van der Waals surface area (Å²) in [5, 5.41) is 11.0. The van der Waals surface area contributed by atoms with Gasteiger partial charge in [0.05, 0.1) is 18.6 Å². The van der Waals surface area contributed by atoms with E-state index in [1.165, 1.54) is 10.7 Å². The monoisotopic (exact) mass is 437 g/mol. The van der Waals surface area contributed by atoms with Crippen LogP contribution in [0.1, 0.15) is 0 Å². The van der Waals surface area contributed by atoms with Gasteiger partial charge in [-0.1, -0.05) is 35.7 Å². The molecule has 29 heavy (non-hydrogen) atoms. The van der Waals surface area contributed by atoms with Crippen LogP contribution in [-0.2, 0) is 4.79 Å². The van der Waals surface area contributed by atoms with E-state index in [2.05, 4.69) is 15.5 Å². The molecule has 0 fully saturated rings. The fourth-order valence-corrected chi connectivity index (χ4v) is 3.65. The number of hydrogen-bond donors (Lipinski definition) is 2. The van der Waals surface area contributed by atoms with E-state index in [1.54, 1.807) is 49.6 Å². The predicted molar refractivity (Wildman–Crippen MR) is 110 cm³/mol. The van der Waals surface area contributed by atoms with Gasteiger partial charge in [-0.15, -0.1) is 10.2 Å². The number of benzene rings is 2. The minimum atomic E-state index is -2.57. The molecule has 0 atom stereocenters. The zero-order chi connectivity index (χ0) is 20.8. The molecular formula is C18H17F2N5O2S2. The van der Waals surface area contributed by atoms with Crippen molar-refractivity contribution in [3.05, 3.63) is 48.5 Å². The number of rotatable bonds is 8. The van der Waals surface area contributed by atoms with Crippen LogP contribution in [0.2, 0.25) is 0 Å². The zero-order valence-electron chi connectivity index (χ0n) is 15.2. The first-order valence-corrected chi connectivity index (χ1v) is 10.2. The van der Waals surface area contributed by atoms with Gasteiger partial charge in [-0.05, 0) is 36.4 Å². The van der Waals surface area contributed by atoms with Gasteiger partial charge in [-0.2, -0.15) is 8.78 Å². The lowest BCUT2D eigenvalue weighted by atomic mass is 10.2.